The Balaban J connectivity index is 0.00000320. The largest absolute Gasteiger partial charge is 0.380 e. The smallest absolute Gasteiger partial charge is 0.191 e. The third kappa shape index (κ3) is 6.80. The maximum atomic E-state index is 13.7. The number of hydrogen-bond donors (Lipinski definition) is 2. The minimum Gasteiger partial charge on any atom is -0.380 e. The molecule has 1 heterocycles. The average molecular weight is 530 g/mol. The minimum atomic E-state index is -0.261. The normalized spacial score (nSPS) is 14.9. The maximum Gasteiger partial charge on any atom is 0.191 e. The van der Waals surface area contributed by atoms with Gasteiger partial charge in [-0.1, -0.05) is 12.1 Å². The quantitative estimate of drug-likeness (QED) is 0.336. The lowest BCUT2D eigenvalue weighted by Gasteiger charge is -2.34. The van der Waals surface area contributed by atoms with E-state index in [2.05, 4.69) is 20.5 Å². The highest BCUT2D eigenvalue weighted by atomic mass is 127. The molecule has 2 aromatic rings. The van der Waals surface area contributed by atoms with Gasteiger partial charge in [-0.2, -0.15) is 0 Å². The number of nitrogens with zero attached hydrogens (tertiary/aromatic N) is 2. The first kappa shape index (κ1) is 24.3. The van der Waals surface area contributed by atoms with Crippen molar-refractivity contribution in [3.63, 3.8) is 0 Å². The second-order valence-corrected chi connectivity index (χ2v) is 7.17. The lowest BCUT2D eigenvalue weighted by atomic mass is 10.0. The number of benzene rings is 2. The van der Waals surface area contributed by atoms with Crippen LogP contribution in [0.25, 0.3) is 0 Å². The Labute approximate surface area is 193 Å². The fourth-order valence-electron chi connectivity index (χ4n) is 3.53. The van der Waals surface area contributed by atoms with Crippen molar-refractivity contribution in [3.8, 4) is 0 Å². The van der Waals surface area contributed by atoms with Crippen molar-refractivity contribution in [3.05, 3.63) is 65.2 Å². The molecule has 0 amide bonds. The van der Waals surface area contributed by atoms with Gasteiger partial charge in [0.15, 0.2) is 5.96 Å². The zero-order valence-corrected chi connectivity index (χ0v) is 19.7. The molecule has 8 heteroatoms. The molecular weight excluding hydrogens is 501 g/mol. The summed E-state index contributed by atoms with van der Waals surface area (Å²) in [6, 6.07) is 12.0. The molecule has 5 nitrogen and oxygen atoms in total. The van der Waals surface area contributed by atoms with Gasteiger partial charge < -0.3 is 20.3 Å². The van der Waals surface area contributed by atoms with E-state index in [4.69, 9.17) is 4.74 Å². The molecule has 1 aliphatic heterocycles. The maximum absolute atomic E-state index is 13.7. The topological polar surface area (TPSA) is 48.9 Å². The summed E-state index contributed by atoms with van der Waals surface area (Å²) in [6.07, 6.45) is 1.87. The molecule has 0 aromatic heterocycles. The summed E-state index contributed by atoms with van der Waals surface area (Å²) in [7, 11) is 3.29. The Morgan fingerprint density at radius 1 is 1.17 bits per heavy atom. The van der Waals surface area contributed by atoms with E-state index in [-0.39, 0.29) is 42.2 Å². The van der Waals surface area contributed by atoms with E-state index in [1.54, 1.807) is 38.4 Å². The second kappa shape index (κ2) is 12.0. The minimum absolute atomic E-state index is 0. The van der Waals surface area contributed by atoms with Gasteiger partial charge in [0.2, 0.25) is 0 Å². The molecule has 0 saturated carbocycles. The van der Waals surface area contributed by atoms with Crippen LogP contribution in [0.2, 0.25) is 0 Å². The van der Waals surface area contributed by atoms with Crippen LogP contribution in [-0.4, -0.2) is 39.2 Å². The molecule has 0 spiro atoms. The summed E-state index contributed by atoms with van der Waals surface area (Å²) in [4.78, 5) is 6.50. The molecule has 30 heavy (non-hydrogen) atoms. The van der Waals surface area contributed by atoms with Crippen molar-refractivity contribution in [1.29, 1.82) is 0 Å². The van der Waals surface area contributed by atoms with Gasteiger partial charge in [-0.25, -0.2) is 8.78 Å². The van der Waals surface area contributed by atoms with Crippen molar-refractivity contribution in [2.45, 2.75) is 32.0 Å². The van der Waals surface area contributed by atoms with Gasteiger partial charge >= 0.3 is 0 Å². The molecule has 0 radical (unpaired) electrons. The molecule has 1 saturated heterocycles. The number of nitrogens with one attached hydrogen (secondary N) is 2. The van der Waals surface area contributed by atoms with Crippen molar-refractivity contribution in [2.75, 3.05) is 32.1 Å². The summed E-state index contributed by atoms with van der Waals surface area (Å²) in [5.74, 6) is 0.247. The molecule has 0 bridgehead atoms. The number of piperidine rings is 1. The Morgan fingerprint density at radius 3 is 2.60 bits per heavy atom. The molecule has 1 aliphatic rings. The van der Waals surface area contributed by atoms with Crippen molar-refractivity contribution < 1.29 is 13.5 Å². The number of methoxy groups -OCH3 is 1. The van der Waals surface area contributed by atoms with Crippen LogP contribution in [0.4, 0.5) is 14.5 Å². The van der Waals surface area contributed by atoms with E-state index in [0.717, 1.165) is 37.2 Å². The Hall–Kier alpha value is -1.94. The van der Waals surface area contributed by atoms with E-state index < -0.39 is 0 Å². The molecule has 0 aliphatic carbocycles. The number of guanidine groups is 1. The van der Waals surface area contributed by atoms with E-state index in [1.807, 2.05) is 6.07 Å². The summed E-state index contributed by atoms with van der Waals surface area (Å²) in [5, 5.41) is 6.73. The molecule has 3 rings (SSSR count). The van der Waals surface area contributed by atoms with Gasteiger partial charge in [0.25, 0.3) is 0 Å². The standard InChI is InChI=1S/C22H28F2N4O.HI/c1-25-22(26-14-16-6-7-21(24)17(12-16)15-29-2)27-19-8-10-28(11-9-19)20-5-3-4-18(23)13-20;/h3-7,12-13,19H,8-11,14-15H2,1-2H3,(H2,25,26,27);1H. The number of halogens is 3. The highest BCUT2D eigenvalue weighted by Crippen LogP contribution is 2.20. The lowest BCUT2D eigenvalue weighted by Crippen LogP contribution is -2.48. The van der Waals surface area contributed by atoms with Gasteiger partial charge in [0.1, 0.15) is 11.6 Å². The van der Waals surface area contributed by atoms with E-state index in [0.29, 0.717) is 24.1 Å². The second-order valence-electron chi connectivity index (χ2n) is 7.17. The molecule has 164 valence electrons. The summed E-state index contributed by atoms with van der Waals surface area (Å²) in [6.45, 7) is 2.50. The Morgan fingerprint density at radius 2 is 1.93 bits per heavy atom. The number of anilines is 1. The predicted octanol–water partition coefficient (Wildman–Crippen LogP) is 4.06. The molecule has 0 unspecified atom stereocenters. The van der Waals surface area contributed by atoms with Gasteiger partial charge in [-0.05, 0) is 48.7 Å². The van der Waals surface area contributed by atoms with Crippen LogP contribution in [0.15, 0.2) is 47.5 Å². The van der Waals surface area contributed by atoms with Crippen LogP contribution in [0.1, 0.15) is 24.0 Å². The van der Waals surface area contributed by atoms with Gasteiger partial charge in [-0.15, -0.1) is 24.0 Å². The van der Waals surface area contributed by atoms with E-state index >= 15 is 0 Å². The summed E-state index contributed by atoms with van der Waals surface area (Å²) >= 11 is 0. The zero-order chi connectivity index (χ0) is 20.6. The molecular formula is C22H29F2IN4O. The SMILES string of the molecule is CN=C(NCc1ccc(F)c(COC)c1)NC1CCN(c2cccc(F)c2)CC1.I. The molecule has 2 N–H and O–H groups in total. The first-order chi connectivity index (χ1) is 14.1. The lowest BCUT2D eigenvalue weighted by molar-refractivity contribution is 0.181. The third-order valence-corrected chi connectivity index (χ3v) is 5.10. The van der Waals surface area contributed by atoms with Crippen LogP contribution in [0.3, 0.4) is 0 Å². The van der Waals surface area contributed by atoms with Crippen LogP contribution in [-0.2, 0) is 17.9 Å². The van der Waals surface area contributed by atoms with Crippen LogP contribution in [0.5, 0.6) is 0 Å². The number of hydrogen-bond acceptors (Lipinski definition) is 3. The highest BCUT2D eigenvalue weighted by Gasteiger charge is 2.20. The first-order valence-corrected chi connectivity index (χ1v) is 9.83. The summed E-state index contributed by atoms with van der Waals surface area (Å²) < 4.78 is 32.2. The van der Waals surface area contributed by atoms with Crippen LogP contribution < -0.4 is 15.5 Å². The van der Waals surface area contributed by atoms with Crippen molar-refractivity contribution in [2.24, 2.45) is 4.99 Å². The zero-order valence-electron chi connectivity index (χ0n) is 17.3. The van der Waals surface area contributed by atoms with Crippen molar-refractivity contribution >= 4 is 35.6 Å². The van der Waals surface area contributed by atoms with Gasteiger partial charge in [0.05, 0.1) is 6.61 Å². The molecule has 0 atom stereocenters. The van der Waals surface area contributed by atoms with Gasteiger partial charge in [-0.3, -0.25) is 4.99 Å². The number of aliphatic imine (C=N–C) groups is 1. The van der Waals surface area contributed by atoms with E-state index in [1.165, 1.54) is 12.1 Å². The van der Waals surface area contributed by atoms with Crippen LogP contribution in [0, 0.1) is 11.6 Å². The summed E-state index contributed by atoms with van der Waals surface area (Å²) in [5.41, 5.74) is 2.43. The third-order valence-electron chi connectivity index (χ3n) is 5.10. The predicted molar refractivity (Wildman–Crippen MR) is 127 cm³/mol. The van der Waals surface area contributed by atoms with Crippen molar-refractivity contribution in [1.82, 2.24) is 10.6 Å². The van der Waals surface area contributed by atoms with Gasteiger partial charge in [0, 0.05) is 51.1 Å². The average Bonchev–Trinajstić information content (AvgIpc) is 2.74. The Kier molecular flexibility index (Phi) is 9.77. The highest BCUT2D eigenvalue weighted by molar-refractivity contribution is 14.0. The number of ether oxygens (including phenoxy) is 1. The number of rotatable bonds is 6. The molecule has 1 fully saturated rings. The van der Waals surface area contributed by atoms with E-state index in [9.17, 15) is 8.78 Å². The fourth-order valence-corrected chi connectivity index (χ4v) is 3.53. The van der Waals surface area contributed by atoms with Crippen LogP contribution >= 0.6 is 24.0 Å². The first-order valence-electron chi connectivity index (χ1n) is 9.83. The Bertz CT molecular complexity index is 842. The fraction of sp³-hybridized carbons (Fsp3) is 0.409. The molecule has 2 aromatic carbocycles. The monoisotopic (exact) mass is 530 g/mol.